The summed E-state index contributed by atoms with van der Waals surface area (Å²) in [5, 5.41) is 0. The maximum Gasteiger partial charge on any atom is 0.139 e. The Kier molecular flexibility index (Phi) is 3.60. The van der Waals surface area contributed by atoms with Gasteiger partial charge >= 0.3 is 0 Å². The van der Waals surface area contributed by atoms with Crippen molar-refractivity contribution in [1.29, 1.82) is 0 Å². The maximum absolute atomic E-state index is 4.67. The molecule has 0 aliphatic carbocycles. The molecule has 0 saturated heterocycles. The smallest absolute Gasteiger partial charge is 0.139 e. The van der Waals surface area contributed by atoms with E-state index in [1.165, 1.54) is 36.9 Å². The molecule has 86 valence electrons. The van der Waals surface area contributed by atoms with Crippen LogP contribution in [0.1, 0.15) is 43.9 Å². The minimum atomic E-state index is 1.10. The minimum Gasteiger partial charge on any atom is -0.307 e. The second-order valence-electron chi connectivity index (χ2n) is 4.46. The molecule has 0 N–H and O–H groups in total. The molecule has 0 bridgehead atoms. The lowest BCUT2D eigenvalue weighted by Crippen LogP contribution is -1.85. The average Bonchev–Trinajstić information content (AvgIpc) is 2.69. The summed E-state index contributed by atoms with van der Waals surface area (Å²) in [6.07, 6.45) is 10.6. The Bertz CT molecular complexity index is 457. The lowest BCUT2D eigenvalue weighted by molar-refractivity contribution is 0.662. The van der Waals surface area contributed by atoms with Gasteiger partial charge in [-0.2, -0.15) is 0 Å². The molecule has 0 fully saturated rings. The first-order chi connectivity index (χ1) is 7.81. The third-order valence-electron chi connectivity index (χ3n) is 3.01. The molecule has 2 heterocycles. The Morgan fingerprint density at radius 2 is 2.12 bits per heavy atom. The van der Waals surface area contributed by atoms with Crippen LogP contribution in [0.15, 0.2) is 24.5 Å². The van der Waals surface area contributed by atoms with Gasteiger partial charge in [0.2, 0.25) is 0 Å². The fraction of sp³-hybridized carbons (Fsp3) is 0.500. The summed E-state index contributed by atoms with van der Waals surface area (Å²) in [5.41, 5.74) is 3.58. The van der Waals surface area contributed by atoms with Gasteiger partial charge < -0.3 is 4.40 Å². The van der Waals surface area contributed by atoms with Gasteiger partial charge in [0.15, 0.2) is 0 Å². The van der Waals surface area contributed by atoms with E-state index in [-0.39, 0.29) is 0 Å². The Hall–Kier alpha value is -1.31. The van der Waals surface area contributed by atoms with Crippen molar-refractivity contribution in [2.45, 2.75) is 46.0 Å². The molecule has 2 aromatic heterocycles. The molecule has 0 aromatic carbocycles. The van der Waals surface area contributed by atoms with Gasteiger partial charge in [-0.3, -0.25) is 0 Å². The third-order valence-corrected chi connectivity index (χ3v) is 3.01. The summed E-state index contributed by atoms with van der Waals surface area (Å²) in [4.78, 5) is 4.67. The van der Waals surface area contributed by atoms with Gasteiger partial charge in [0.05, 0.1) is 5.69 Å². The number of fused-ring (bicyclic) bond motifs is 1. The highest BCUT2D eigenvalue weighted by Gasteiger charge is 2.02. The monoisotopic (exact) mass is 216 g/mol. The molecule has 2 aromatic rings. The normalized spacial score (nSPS) is 11.1. The van der Waals surface area contributed by atoms with E-state index in [1.54, 1.807) is 0 Å². The van der Waals surface area contributed by atoms with Gasteiger partial charge in [-0.25, -0.2) is 4.98 Å². The summed E-state index contributed by atoms with van der Waals surface area (Å²) < 4.78 is 2.13. The van der Waals surface area contributed by atoms with E-state index in [2.05, 4.69) is 47.8 Å². The summed E-state index contributed by atoms with van der Waals surface area (Å²) >= 11 is 0. The van der Waals surface area contributed by atoms with Crippen molar-refractivity contribution >= 4 is 5.65 Å². The summed E-state index contributed by atoms with van der Waals surface area (Å²) in [6.45, 7) is 4.36. The van der Waals surface area contributed by atoms with Crippen LogP contribution in [0.4, 0.5) is 0 Å². The lowest BCUT2D eigenvalue weighted by Gasteiger charge is -1.95. The highest BCUT2D eigenvalue weighted by molar-refractivity contribution is 5.47. The molecule has 0 unspecified atom stereocenters. The molecular formula is C14H20N2. The number of hydrogen-bond acceptors (Lipinski definition) is 1. The Balaban J connectivity index is 2.05. The summed E-state index contributed by atoms with van der Waals surface area (Å²) in [7, 11) is 0. The zero-order valence-electron chi connectivity index (χ0n) is 10.2. The van der Waals surface area contributed by atoms with Crippen LogP contribution in [-0.2, 0) is 6.42 Å². The Labute approximate surface area is 97.3 Å². The van der Waals surface area contributed by atoms with E-state index in [4.69, 9.17) is 0 Å². The predicted octanol–water partition coefficient (Wildman–Crippen LogP) is 3.77. The number of pyridine rings is 1. The fourth-order valence-corrected chi connectivity index (χ4v) is 2.06. The fourth-order valence-electron chi connectivity index (χ4n) is 2.06. The van der Waals surface area contributed by atoms with Crippen LogP contribution in [0.3, 0.4) is 0 Å². The SMILES string of the molecule is CCCCCCc1cn2cccc(C)c2n1. The first-order valence-electron chi connectivity index (χ1n) is 6.24. The van der Waals surface area contributed by atoms with E-state index in [0.717, 1.165) is 12.1 Å². The molecule has 0 aliphatic heterocycles. The highest BCUT2D eigenvalue weighted by atomic mass is 15.0. The van der Waals surface area contributed by atoms with Crippen LogP contribution in [0.2, 0.25) is 0 Å². The van der Waals surface area contributed by atoms with Gasteiger partial charge in [-0.15, -0.1) is 0 Å². The second-order valence-corrected chi connectivity index (χ2v) is 4.46. The standard InChI is InChI=1S/C14H20N2/c1-3-4-5-6-9-13-11-16-10-7-8-12(2)14(16)15-13/h7-8,10-11H,3-6,9H2,1-2H3. The first-order valence-corrected chi connectivity index (χ1v) is 6.24. The van der Waals surface area contributed by atoms with Gasteiger partial charge in [-0.1, -0.05) is 32.3 Å². The van der Waals surface area contributed by atoms with E-state index in [9.17, 15) is 0 Å². The number of aryl methyl sites for hydroxylation is 2. The molecule has 2 heteroatoms. The van der Waals surface area contributed by atoms with E-state index in [0.29, 0.717) is 0 Å². The maximum atomic E-state index is 4.67. The Morgan fingerprint density at radius 3 is 2.88 bits per heavy atom. The van der Waals surface area contributed by atoms with Gasteiger partial charge in [0.25, 0.3) is 0 Å². The van der Waals surface area contributed by atoms with Crippen LogP contribution in [0, 0.1) is 6.92 Å². The summed E-state index contributed by atoms with van der Waals surface area (Å²) in [5.74, 6) is 0. The molecule has 0 aliphatic rings. The largest absolute Gasteiger partial charge is 0.307 e. The van der Waals surface area contributed by atoms with Gasteiger partial charge in [-0.05, 0) is 31.4 Å². The molecule has 2 rings (SSSR count). The van der Waals surface area contributed by atoms with Crippen molar-refractivity contribution in [2.24, 2.45) is 0 Å². The van der Waals surface area contributed by atoms with Crippen molar-refractivity contribution < 1.29 is 0 Å². The zero-order valence-corrected chi connectivity index (χ0v) is 10.2. The number of hydrogen-bond donors (Lipinski definition) is 0. The van der Waals surface area contributed by atoms with Crippen LogP contribution in [-0.4, -0.2) is 9.38 Å². The van der Waals surface area contributed by atoms with Crippen LogP contribution in [0.25, 0.3) is 5.65 Å². The first kappa shape index (κ1) is 11.2. The van der Waals surface area contributed by atoms with Crippen LogP contribution in [0.5, 0.6) is 0 Å². The predicted molar refractivity (Wildman–Crippen MR) is 67.8 cm³/mol. The average molecular weight is 216 g/mol. The van der Waals surface area contributed by atoms with Crippen molar-refractivity contribution in [3.05, 3.63) is 35.8 Å². The number of aromatic nitrogens is 2. The van der Waals surface area contributed by atoms with Crippen LogP contribution >= 0.6 is 0 Å². The quantitative estimate of drug-likeness (QED) is 0.695. The van der Waals surface area contributed by atoms with Gasteiger partial charge in [0, 0.05) is 12.4 Å². The van der Waals surface area contributed by atoms with Crippen LogP contribution < -0.4 is 0 Å². The molecule has 0 spiro atoms. The molecule has 0 radical (unpaired) electrons. The molecule has 2 nitrogen and oxygen atoms in total. The van der Waals surface area contributed by atoms with Crippen molar-refractivity contribution in [1.82, 2.24) is 9.38 Å². The third kappa shape index (κ3) is 2.43. The topological polar surface area (TPSA) is 17.3 Å². The lowest BCUT2D eigenvalue weighted by atomic mass is 10.1. The number of imidazole rings is 1. The number of unbranched alkanes of at least 4 members (excludes halogenated alkanes) is 3. The zero-order chi connectivity index (χ0) is 11.4. The molecular weight excluding hydrogens is 196 g/mol. The van der Waals surface area contributed by atoms with Crippen molar-refractivity contribution in [3.8, 4) is 0 Å². The minimum absolute atomic E-state index is 1.10. The number of rotatable bonds is 5. The molecule has 0 amide bonds. The van der Waals surface area contributed by atoms with Crippen molar-refractivity contribution in [2.75, 3.05) is 0 Å². The molecule has 0 saturated carbocycles. The second kappa shape index (κ2) is 5.15. The van der Waals surface area contributed by atoms with Gasteiger partial charge in [0.1, 0.15) is 5.65 Å². The summed E-state index contributed by atoms with van der Waals surface area (Å²) in [6, 6.07) is 4.19. The van der Waals surface area contributed by atoms with E-state index >= 15 is 0 Å². The van der Waals surface area contributed by atoms with E-state index in [1.807, 2.05) is 0 Å². The molecule has 16 heavy (non-hydrogen) atoms. The van der Waals surface area contributed by atoms with E-state index < -0.39 is 0 Å². The van der Waals surface area contributed by atoms with Crippen molar-refractivity contribution in [3.63, 3.8) is 0 Å². The number of nitrogens with zero attached hydrogens (tertiary/aromatic N) is 2. The highest BCUT2D eigenvalue weighted by Crippen LogP contribution is 2.12. The Morgan fingerprint density at radius 1 is 1.25 bits per heavy atom. The molecule has 0 atom stereocenters.